The first-order valence-electron chi connectivity index (χ1n) is 7.92. The van der Waals surface area contributed by atoms with Gasteiger partial charge in [-0.2, -0.15) is 0 Å². The minimum atomic E-state index is 0. The van der Waals surface area contributed by atoms with Crippen molar-refractivity contribution < 1.29 is 9.53 Å². The fourth-order valence-electron chi connectivity index (χ4n) is 3.09. The largest absolute Gasteiger partial charge is 0.496 e. The summed E-state index contributed by atoms with van der Waals surface area (Å²) in [6, 6.07) is 8.45. The van der Waals surface area contributed by atoms with E-state index >= 15 is 0 Å². The molecular weight excluding hydrogens is 300 g/mol. The number of hydrogen-bond acceptors (Lipinski definition) is 3. The van der Waals surface area contributed by atoms with Gasteiger partial charge >= 0.3 is 0 Å². The highest BCUT2D eigenvalue weighted by atomic mass is 35.5. The van der Waals surface area contributed by atoms with Gasteiger partial charge in [-0.25, -0.2) is 0 Å². The summed E-state index contributed by atoms with van der Waals surface area (Å²) in [5.41, 5.74) is 1.11. The molecule has 1 amide bonds. The fraction of sp³-hybridized carbons (Fsp3) is 0.588. The van der Waals surface area contributed by atoms with Gasteiger partial charge in [-0.3, -0.25) is 4.79 Å². The first-order chi connectivity index (χ1) is 10.3. The van der Waals surface area contributed by atoms with Crippen molar-refractivity contribution in [1.82, 2.24) is 10.2 Å². The molecule has 1 aliphatic heterocycles. The highest BCUT2D eigenvalue weighted by Gasteiger charge is 2.36. The van der Waals surface area contributed by atoms with Gasteiger partial charge < -0.3 is 15.0 Å². The molecule has 1 saturated heterocycles. The third-order valence-electron chi connectivity index (χ3n) is 4.49. The van der Waals surface area contributed by atoms with Crippen LogP contribution < -0.4 is 10.1 Å². The van der Waals surface area contributed by atoms with Gasteiger partial charge in [-0.15, -0.1) is 12.4 Å². The zero-order valence-electron chi connectivity index (χ0n) is 13.1. The fourth-order valence-corrected chi connectivity index (χ4v) is 3.09. The van der Waals surface area contributed by atoms with Gasteiger partial charge in [0.1, 0.15) is 5.75 Å². The molecule has 1 aliphatic carbocycles. The van der Waals surface area contributed by atoms with Gasteiger partial charge in [0, 0.05) is 24.1 Å². The Hall–Kier alpha value is -1.26. The maximum Gasteiger partial charge on any atom is 0.226 e. The average molecular weight is 325 g/mol. The minimum Gasteiger partial charge on any atom is -0.496 e. The third-order valence-corrected chi connectivity index (χ3v) is 4.49. The Kier molecular flexibility index (Phi) is 6.09. The molecule has 0 aromatic heterocycles. The lowest BCUT2D eigenvalue weighted by Crippen LogP contribution is -2.41. The Morgan fingerprint density at radius 1 is 1.23 bits per heavy atom. The van der Waals surface area contributed by atoms with Gasteiger partial charge in [-0.05, 0) is 44.8 Å². The van der Waals surface area contributed by atoms with Crippen LogP contribution in [0.4, 0.5) is 0 Å². The number of nitrogens with one attached hydrogen (secondary N) is 1. The third kappa shape index (κ3) is 3.93. The van der Waals surface area contributed by atoms with Crippen molar-refractivity contribution in [2.24, 2.45) is 5.92 Å². The smallest absolute Gasteiger partial charge is 0.226 e. The molecule has 1 heterocycles. The SMILES string of the molecule is COc1ccccc1CN(C(=O)C1CCNCC1)C1CC1.Cl. The Morgan fingerprint density at radius 2 is 1.91 bits per heavy atom. The summed E-state index contributed by atoms with van der Waals surface area (Å²) in [7, 11) is 1.69. The van der Waals surface area contributed by atoms with E-state index < -0.39 is 0 Å². The summed E-state index contributed by atoms with van der Waals surface area (Å²) in [5, 5.41) is 3.33. The Bertz CT molecular complexity index is 499. The van der Waals surface area contributed by atoms with Crippen LogP contribution in [-0.2, 0) is 11.3 Å². The molecule has 1 N–H and O–H groups in total. The summed E-state index contributed by atoms with van der Waals surface area (Å²) >= 11 is 0. The highest BCUT2D eigenvalue weighted by Crippen LogP contribution is 2.32. The standard InChI is InChI=1S/C17H24N2O2.ClH/c1-21-16-5-3-2-4-14(16)12-19(15-6-7-15)17(20)13-8-10-18-11-9-13;/h2-5,13,15,18H,6-12H2,1H3;1H. The molecule has 0 spiro atoms. The van der Waals surface area contributed by atoms with Crippen molar-refractivity contribution in [1.29, 1.82) is 0 Å². The molecule has 1 aromatic rings. The van der Waals surface area contributed by atoms with Crippen LogP contribution in [0.2, 0.25) is 0 Å². The van der Waals surface area contributed by atoms with E-state index in [9.17, 15) is 4.79 Å². The van der Waals surface area contributed by atoms with Gasteiger partial charge in [0.05, 0.1) is 7.11 Å². The first-order valence-corrected chi connectivity index (χ1v) is 7.92. The first kappa shape index (κ1) is 17.1. The monoisotopic (exact) mass is 324 g/mol. The Morgan fingerprint density at radius 3 is 2.55 bits per heavy atom. The highest BCUT2D eigenvalue weighted by molar-refractivity contribution is 5.85. The van der Waals surface area contributed by atoms with E-state index in [0.29, 0.717) is 18.5 Å². The summed E-state index contributed by atoms with van der Waals surface area (Å²) in [4.78, 5) is 14.9. The number of carbonyl (C=O) groups excluding carboxylic acids is 1. The number of amides is 1. The molecule has 0 radical (unpaired) electrons. The predicted octanol–water partition coefficient (Wildman–Crippen LogP) is 2.61. The summed E-state index contributed by atoms with van der Waals surface area (Å²) in [6.45, 7) is 2.60. The van der Waals surface area contributed by atoms with E-state index in [1.54, 1.807) is 7.11 Å². The molecule has 22 heavy (non-hydrogen) atoms. The number of carbonyl (C=O) groups is 1. The van der Waals surface area contributed by atoms with Crippen LogP contribution in [0.15, 0.2) is 24.3 Å². The second-order valence-corrected chi connectivity index (χ2v) is 6.03. The van der Waals surface area contributed by atoms with Crippen LogP contribution in [0, 0.1) is 5.92 Å². The van der Waals surface area contributed by atoms with E-state index in [4.69, 9.17) is 4.74 Å². The number of piperidine rings is 1. The van der Waals surface area contributed by atoms with Gasteiger partial charge in [0.25, 0.3) is 0 Å². The number of nitrogens with zero attached hydrogens (tertiary/aromatic N) is 1. The van der Waals surface area contributed by atoms with Crippen LogP contribution in [0.25, 0.3) is 0 Å². The van der Waals surface area contributed by atoms with Crippen LogP contribution in [0.5, 0.6) is 5.75 Å². The number of ether oxygens (including phenoxy) is 1. The normalized spacial score (nSPS) is 18.4. The van der Waals surface area contributed by atoms with E-state index in [0.717, 1.165) is 50.1 Å². The summed E-state index contributed by atoms with van der Waals surface area (Å²) < 4.78 is 5.42. The van der Waals surface area contributed by atoms with Crippen LogP contribution in [0.3, 0.4) is 0 Å². The van der Waals surface area contributed by atoms with Gasteiger partial charge in [-0.1, -0.05) is 18.2 Å². The molecule has 3 rings (SSSR count). The molecule has 5 heteroatoms. The number of rotatable bonds is 5. The maximum atomic E-state index is 12.8. The lowest BCUT2D eigenvalue weighted by Gasteiger charge is -2.30. The molecule has 0 bridgehead atoms. The molecule has 2 aliphatic rings. The topological polar surface area (TPSA) is 41.6 Å². The molecular formula is C17H25ClN2O2. The lowest BCUT2D eigenvalue weighted by molar-refractivity contribution is -0.137. The number of para-hydroxylation sites is 1. The molecule has 1 aromatic carbocycles. The van der Waals surface area contributed by atoms with Crippen molar-refractivity contribution in [2.75, 3.05) is 20.2 Å². The van der Waals surface area contributed by atoms with Crippen molar-refractivity contribution in [3.05, 3.63) is 29.8 Å². The van der Waals surface area contributed by atoms with Crippen LogP contribution in [-0.4, -0.2) is 37.0 Å². The lowest BCUT2D eigenvalue weighted by atomic mass is 9.96. The van der Waals surface area contributed by atoms with E-state index in [2.05, 4.69) is 16.3 Å². The second-order valence-electron chi connectivity index (χ2n) is 6.03. The van der Waals surface area contributed by atoms with E-state index in [1.807, 2.05) is 18.2 Å². The van der Waals surface area contributed by atoms with Crippen molar-refractivity contribution >= 4 is 18.3 Å². The van der Waals surface area contributed by atoms with Crippen molar-refractivity contribution in [3.8, 4) is 5.75 Å². The average Bonchev–Trinajstić information content (AvgIpc) is 3.38. The number of methoxy groups -OCH3 is 1. The van der Waals surface area contributed by atoms with Crippen LogP contribution in [0.1, 0.15) is 31.2 Å². The summed E-state index contributed by atoms with van der Waals surface area (Å²) in [6.07, 6.45) is 4.22. The van der Waals surface area contributed by atoms with Crippen molar-refractivity contribution in [3.63, 3.8) is 0 Å². The zero-order valence-corrected chi connectivity index (χ0v) is 13.9. The number of halogens is 1. The molecule has 2 fully saturated rings. The van der Waals surface area contributed by atoms with E-state index in [1.165, 1.54) is 0 Å². The van der Waals surface area contributed by atoms with Crippen molar-refractivity contribution in [2.45, 2.75) is 38.3 Å². The van der Waals surface area contributed by atoms with Gasteiger partial charge in [0.15, 0.2) is 0 Å². The maximum absolute atomic E-state index is 12.8. The Balaban J connectivity index is 0.00000176. The molecule has 4 nitrogen and oxygen atoms in total. The summed E-state index contributed by atoms with van der Waals surface area (Å²) in [5.74, 6) is 1.41. The number of benzene rings is 1. The molecule has 1 saturated carbocycles. The second kappa shape index (κ2) is 7.84. The minimum absolute atomic E-state index is 0. The van der Waals surface area contributed by atoms with Gasteiger partial charge in [0.2, 0.25) is 5.91 Å². The molecule has 0 atom stereocenters. The molecule has 122 valence electrons. The molecule has 0 unspecified atom stereocenters. The van der Waals surface area contributed by atoms with Crippen LogP contribution >= 0.6 is 12.4 Å². The predicted molar refractivity (Wildman–Crippen MR) is 89.4 cm³/mol. The zero-order chi connectivity index (χ0) is 14.7. The number of hydrogen-bond donors (Lipinski definition) is 1. The Labute approximate surface area is 138 Å². The van der Waals surface area contributed by atoms with E-state index in [-0.39, 0.29) is 18.3 Å². The quantitative estimate of drug-likeness (QED) is 0.905.